The third-order valence-electron chi connectivity index (χ3n) is 1.15. The van der Waals surface area contributed by atoms with Crippen LogP contribution in [0.3, 0.4) is 0 Å². The molecule has 4 heteroatoms. The lowest BCUT2D eigenvalue weighted by Gasteiger charge is -1.99. The Kier molecular flexibility index (Phi) is 6.89. The van der Waals surface area contributed by atoms with Crippen molar-refractivity contribution in [2.24, 2.45) is 4.99 Å². The summed E-state index contributed by atoms with van der Waals surface area (Å²) in [6.07, 6.45) is 1.37. The van der Waals surface area contributed by atoms with Crippen molar-refractivity contribution in [1.29, 1.82) is 0 Å². The Morgan fingerprint density at radius 1 is 1.73 bits per heavy atom. The molecule has 0 spiro atoms. The number of nitrogens with one attached hydrogen (secondary N) is 1. The lowest BCUT2D eigenvalue weighted by Crippen LogP contribution is -2.23. The molecule has 0 aliphatic heterocycles. The lowest BCUT2D eigenvalue weighted by atomic mass is 10.4. The third-order valence-corrected chi connectivity index (χ3v) is 1.28. The monoisotopic (exact) mass is 172 g/mol. The van der Waals surface area contributed by atoms with Gasteiger partial charge < -0.3 is 5.32 Å². The fraction of sp³-hybridized carbons (Fsp3) is 0.714. The van der Waals surface area contributed by atoms with E-state index < -0.39 is 0 Å². The molecule has 11 heavy (non-hydrogen) atoms. The predicted molar refractivity (Wildman–Crippen MR) is 47.8 cm³/mol. The summed E-state index contributed by atoms with van der Waals surface area (Å²) in [5, 5.41) is 5.00. The maximum absolute atomic E-state index is 10.7. The van der Waals surface area contributed by atoms with E-state index in [1.54, 1.807) is 0 Å². The molecule has 0 aromatic heterocycles. The number of hydrogen-bond donors (Lipinski definition) is 1. The van der Waals surface area contributed by atoms with E-state index in [1.807, 2.05) is 6.92 Å². The minimum Gasteiger partial charge on any atom is -0.356 e. The molecule has 0 aromatic carbocycles. The van der Waals surface area contributed by atoms with Crippen LogP contribution < -0.4 is 5.32 Å². The van der Waals surface area contributed by atoms with E-state index in [9.17, 15) is 4.79 Å². The summed E-state index contributed by atoms with van der Waals surface area (Å²) in [4.78, 5) is 14.4. The largest absolute Gasteiger partial charge is 0.356 e. The molecule has 62 valence electrons. The summed E-state index contributed by atoms with van der Waals surface area (Å²) in [5.41, 5.74) is 0. The summed E-state index contributed by atoms with van der Waals surface area (Å²) in [6.45, 7) is 3.14. The second kappa shape index (κ2) is 7.38. The van der Waals surface area contributed by atoms with Crippen LogP contribution in [-0.2, 0) is 4.79 Å². The summed E-state index contributed by atoms with van der Waals surface area (Å²) in [6, 6.07) is 0. The molecular weight excluding hydrogens is 160 g/mol. The van der Waals surface area contributed by atoms with E-state index in [-0.39, 0.29) is 5.91 Å². The molecular formula is C7H12N2OS. The highest BCUT2D eigenvalue weighted by Crippen LogP contribution is 1.79. The number of rotatable bonds is 5. The molecule has 3 nitrogen and oxygen atoms in total. The molecule has 0 saturated heterocycles. The maximum Gasteiger partial charge on any atom is 0.219 e. The molecule has 0 aliphatic carbocycles. The molecule has 0 aliphatic rings. The second-order valence-electron chi connectivity index (χ2n) is 2.03. The predicted octanol–water partition coefficient (Wildman–Crippen LogP) is 1.01. The molecule has 0 rings (SSSR count). The Morgan fingerprint density at radius 2 is 2.45 bits per heavy atom. The van der Waals surface area contributed by atoms with Crippen LogP contribution in [0.15, 0.2) is 4.99 Å². The molecule has 0 aromatic rings. The number of thiocarbonyl (C=S) groups is 1. The Labute approximate surface area is 71.9 Å². The maximum atomic E-state index is 10.7. The Bertz CT molecular complexity index is 164. The smallest absolute Gasteiger partial charge is 0.219 e. The van der Waals surface area contributed by atoms with Gasteiger partial charge in [0.1, 0.15) is 0 Å². The number of carbonyl (C=O) groups excluding carboxylic acids is 1. The molecule has 0 atom stereocenters. The number of hydrogen-bond acceptors (Lipinski definition) is 3. The molecule has 1 N–H and O–H groups in total. The van der Waals surface area contributed by atoms with Gasteiger partial charge in [-0.25, -0.2) is 4.99 Å². The fourth-order valence-corrected chi connectivity index (χ4v) is 0.648. The van der Waals surface area contributed by atoms with Crippen molar-refractivity contribution < 1.29 is 4.79 Å². The van der Waals surface area contributed by atoms with E-state index in [0.717, 1.165) is 6.42 Å². The van der Waals surface area contributed by atoms with Gasteiger partial charge in [0.05, 0.1) is 11.7 Å². The van der Waals surface area contributed by atoms with Gasteiger partial charge in [-0.15, -0.1) is 0 Å². The first-order chi connectivity index (χ1) is 5.31. The topological polar surface area (TPSA) is 41.5 Å². The molecule has 1 amide bonds. The van der Waals surface area contributed by atoms with Gasteiger partial charge in [-0.2, -0.15) is 0 Å². The van der Waals surface area contributed by atoms with Gasteiger partial charge in [0, 0.05) is 13.0 Å². The number of isothiocyanates is 1. The highest BCUT2D eigenvalue weighted by molar-refractivity contribution is 7.78. The molecule has 0 fully saturated rings. The van der Waals surface area contributed by atoms with Crippen LogP contribution in [0.1, 0.15) is 19.8 Å². The summed E-state index contributed by atoms with van der Waals surface area (Å²) in [5.74, 6) is 0.0799. The molecule has 0 radical (unpaired) electrons. The van der Waals surface area contributed by atoms with Gasteiger partial charge in [0.15, 0.2) is 0 Å². The van der Waals surface area contributed by atoms with Gasteiger partial charge >= 0.3 is 0 Å². The van der Waals surface area contributed by atoms with Crippen LogP contribution in [0.5, 0.6) is 0 Å². The zero-order valence-corrected chi connectivity index (χ0v) is 7.41. The van der Waals surface area contributed by atoms with E-state index in [0.29, 0.717) is 19.5 Å². The SMILES string of the molecule is CCC(=O)NCCCN=C=S. The van der Waals surface area contributed by atoms with Crippen molar-refractivity contribution in [3.63, 3.8) is 0 Å². The minimum atomic E-state index is 0.0799. The number of amides is 1. The lowest BCUT2D eigenvalue weighted by molar-refractivity contribution is -0.120. The summed E-state index contributed by atoms with van der Waals surface area (Å²) < 4.78 is 0. The highest BCUT2D eigenvalue weighted by atomic mass is 32.1. The molecule has 0 saturated carbocycles. The molecule has 0 unspecified atom stereocenters. The first-order valence-corrected chi connectivity index (χ1v) is 4.02. The van der Waals surface area contributed by atoms with E-state index in [4.69, 9.17) is 0 Å². The highest BCUT2D eigenvalue weighted by Gasteiger charge is 1.93. The third kappa shape index (κ3) is 7.16. The number of aliphatic imine (C=N–C) groups is 1. The van der Waals surface area contributed by atoms with Crippen molar-refractivity contribution in [2.75, 3.05) is 13.1 Å². The van der Waals surface area contributed by atoms with Gasteiger partial charge in [-0.3, -0.25) is 4.79 Å². The standard InChI is InChI=1S/C7H12N2OS/c1-2-7(10)9-5-3-4-8-6-11/h2-5H2,1H3,(H,9,10). The van der Waals surface area contributed by atoms with Crippen molar-refractivity contribution in [1.82, 2.24) is 5.32 Å². The number of nitrogens with zero attached hydrogens (tertiary/aromatic N) is 1. The molecule has 0 bridgehead atoms. The fourth-order valence-electron chi connectivity index (χ4n) is 0.557. The van der Waals surface area contributed by atoms with Crippen molar-refractivity contribution in [3.05, 3.63) is 0 Å². The zero-order chi connectivity index (χ0) is 8.53. The van der Waals surface area contributed by atoms with Crippen LogP contribution in [0.25, 0.3) is 0 Å². The quantitative estimate of drug-likeness (QED) is 0.382. The van der Waals surface area contributed by atoms with E-state index >= 15 is 0 Å². The van der Waals surface area contributed by atoms with Crippen LogP contribution in [0, 0.1) is 0 Å². The van der Waals surface area contributed by atoms with Crippen molar-refractivity contribution >= 4 is 23.3 Å². The van der Waals surface area contributed by atoms with Crippen LogP contribution in [0.4, 0.5) is 0 Å². The number of carbonyl (C=O) groups is 1. The summed E-state index contributed by atoms with van der Waals surface area (Å²) in [7, 11) is 0. The van der Waals surface area contributed by atoms with Gasteiger partial charge in [0.2, 0.25) is 5.91 Å². The van der Waals surface area contributed by atoms with E-state index in [2.05, 4.69) is 27.7 Å². The van der Waals surface area contributed by atoms with Crippen molar-refractivity contribution in [2.45, 2.75) is 19.8 Å². The summed E-state index contributed by atoms with van der Waals surface area (Å²) >= 11 is 4.37. The average Bonchev–Trinajstić information content (AvgIpc) is 2.04. The average molecular weight is 172 g/mol. The van der Waals surface area contributed by atoms with Gasteiger partial charge in [-0.1, -0.05) is 6.92 Å². The van der Waals surface area contributed by atoms with Crippen LogP contribution in [-0.4, -0.2) is 24.2 Å². The van der Waals surface area contributed by atoms with Crippen molar-refractivity contribution in [3.8, 4) is 0 Å². The second-order valence-corrected chi connectivity index (χ2v) is 2.21. The Hall–Kier alpha value is -0.730. The Balaban J connectivity index is 3.14. The Morgan fingerprint density at radius 3 is 3.00 bits per heavy atom. The van der Waals surface area contributed by atoms with Crippen LogP contribution in [0.2, 0.25) is 0 Å². The van der Waals surface area contributed by atoms with Gasteiger partial charge in [0.25, 0.3) is 0 Å². The molecule has 0 heterocycles. The van der Waals surface area contributed by atoms with Crippen LogP contribution >= 0.6 is 12.2 Å². The first-order valence-electron chi connectivity index (χ1n) is 3.61. The minimum absolute atomic E-state index is 0.0799. The normalized spacial score (nSPS) is 8.45. The van der Waals surface area contributed by atoms with E-state index in [1.165, 1.54) is 0 Å². The zero-order valence-electron chi connectivity index (χ0n) is 6.59. The van der Waals surface area contributed by atoms with Gasteiger partial charge in [-0.05, 0) is 18.6 Å². The first kappa shape index (κ1) is 10.3.